The Labute approximate surface area is 92.3 Å². The number of hydrogen-bond acceptors (Lipinski definition) is 1. The van der Waals surface area contributed by atoms with Gasteiger partial charge in [-0.3, -0.25) is 4.79 Å². The van der Waals surface area contributed by atoms with E-state index in [0.717, 1.165) is 12.8 Å². The largest absolute Gasteiger partial charge is 0.314 e. The maximum atomic E-state index is 12.0. The molecule has 15 heavy (non-hydrogen) atoms. The Hall–Kier alpha value is -0.790. The quantitative estimate of drug-likeness (QED) is 0.647. The van der Waals surface area contributed by atoms with Gasteiger partial charge in [0, 0.05) is 24.1 Å². The molecule has 1 amide bonds. The van der Waals surface area contributed by atoms with Crippen molar-refractivity contribution in [3.63, 3.8) is 0 Å². The highest BCUT2D eigenvalue weighted by molar-refractivity contribution is 5.80. The summed E-state index contributed by atoms with van der Waals surface area (Å²) in [5.41, 5.74) is 1.32. The minimum absolute atomic E-state index is 0.317. The lowest BCUT2D eigenvalue weighted by atomic mass is 9.77. The average Bonchev–Trinajstić information content (AvgIpc) is 2.17. The van der Waals surface area contributed by atoms with E-state index in [1.54, 1.807) is 0 Å². The Morgan fingerprint density at radius 2 is 2.20 bits per heavy atom. The van der Waals surface area contributed by atoms with Crippen LogP contribution in [-0.4, -0.2) is 16.8 Å². The molecular weight excluding hydrogens is 186 g/mol. The number of rotatable bonds is 1. The van der Waals surface area contributed by atoms with E-state index in [1.807, 2.05) is 4.90 Å². The van der Waals surface area contributed by atoms with Crippen LogP contribution in [0.15, 0.2) is 11.8 Å². The Balaban J connectivity index is 2.30. The molecule has 0 aromatic heterocycles. The number of piperidine rings is 1. The number of fused-ring (bicyclic) bond motifs is 1. The summed E-state index contributed by atoms with van der Waals surface area (Å²) in [6.07, 6.45) is 6.74. The van der Waals surface area contributed by atoms with Crippen LogP contribution in [-0.2, 0) is 4.79 Å². The summed E-state index contributed by atoms with van der Waals surface area (Å²) < 4.78 is 0. The third-order valence-corrected chi connectivity index (χ3v) is 3.70. The van der Waals surface area contributed by atoms with Gasteiger partial charge in [-0.2, -0.15) is 0 Å². The molecule has 1 aliphatic carbocycles. The topological polar surface area (TPSA) is 20.3 Å². The normalized spacial score (nSPS) is 31.6. The summed E-state index contributed by atoms with van der Waals surface area (Å²) in [6.45, 7) is 6.44. The molecule has 1 aliphatic heterocycles. The van der Waals surface area contributed by atoms with E-state index in [-0.39, 0.29) is 0 Å². The van der Waals surface area contributed by atoms with Gasteiger partial charge in [0.05, 0.1) is 0 Å². The predicted octanol–water partition coefficient (Wildman–Crippen LogP) is 2.95. The van der Waals surface area contributed by atoms with Gasteiger partial charge in [-0.1, -0.05) is 13.0 Å². The van der Waals surface area contributed by atoms with E-state index < -0.39 is 0 Å². The number of hydrogen-bond donors (Lipinski definition) is 0. The van der Waals surface area contributed by atoms with E-state index in [4.69, 9.17) is 0 Å². The molecule has 2 nitrogen and oxygen atoms in total. The molecule has 84 valence electrons. The number of allylic oxidation sites excluding steroid dienone is 2. The van der Waals surface area contributed by atoms with Crippen molar-refractivity contribution in [2.24, 2.45) is 11.8 Å². The van der Waals surface area contributed by atoms with Crippen LogP contribution in [0, 0.1) is 11.8 Å². The molecule has 0 aromatic rings. The lowest BCUT2D eigenvalue weighted by molar-refractivity contribution is -0.135. The van der Waals surface area contributed by atoms with Gasteiger partial charge in [-0.05, 0) is 39.0 Å². The third kappa shape index (κ3) is 1.82. The van der Waals surface area contributed by atoms with Crippen molar-refractivity contribution < 1.29 is 4.79 Å². The number of carbonyl (C=O) groups is 1. The van der Waals surface area contributed by atoms with E-state index in [0.29, 0.717) is 23.8 Å². The molecule has 1 fully saturated rings. The Morgan fingerprint density at radius 3 is 2.87 bits per heavy atom. The number of carbonyl (C=O) groups excluding carboxylic acids is 1. The SMILES string of the molecule is CC1CC(=O)N(C(C)C)C2=CCCCC21. The second kappa shape index (κ2) is 3.99. The first-order valence-corrected chi connectivity index (χ1v) is 6.13. The minimum Gasteiger partial charge on any atom is -0.314 e. The van der Waals surface area contributed by atoms with E-state index >= 15 is 0 Å². The lowest BCUT2D eigenvalue weighted by Crippen LogP contribution is -2.46. The third-order valence-electron chi connectivity index (χ3n) is 3.70. The van der Waals surface area contributed by atoms with Crippen LogP contribution < -0.4 is 0 Å². The highest BCUT2D eigenvalue weighted by Gasteiger charge is 2.37. The first-order chi connectivity index (χ1) is 7.11. The number of amides is 1. The molecule has 2 aliphatic rings. The summed E-state index contributed by atoms with van der Waals surface area (Å²) in [4.78, 5) is 14.0. The second-order valence-corrected chi connectivity index (χ2v) is 5.21. The van der Waals surface area contributed by atoms with Gasteiger partial charge in [0.25, 0.3) is 0 Å². The van der Waals surface area contributed by atoms with Gasteiger partial charge in [0.15, 0.2) is 0 Å². The molecule has 0 radical (unpaired) electrons. The molecule has 2 atom stereocenters. The molecule has 2 unspecified atom stereocenters. The summed E-state index contributed by atoms with van der Waals surface area (Å²) in [6, 6.07) is 0.317. The van der Waals surface area contributed by atoms with Crippen LogP contribution in [0.1, 0.15) is 46.5 Å². The molecule has 2 heteroatoms. The van der Waals surface area contributed by atoms with Gasteiger partial charge >= 0.3 is 0 Å². The van der Waals surface area contributed by atoms with Crippen molar-refractivity contribution in [3.8, 4) is 0 Å². The van der Waals surface area contributed by atoms with E-state index in [9.17, 15) is 4.79 Å². The molecule has 1 heterocycles. The van der Waals surface area contributed by atoms with Crippen LogP contribution in [0.2, 0.25) is 0 Å². The highest BCUT2D eigenvalue weighted by atomic mass is 16.2. The summed E-state index contributed by atoms with van der Waals surface area (Å²) in [5.74, 6) is 1.50. The molecule has 0 N–H and O–H groups in total. The van der Waals surface area contributed by atoms with Crippen LogP contribution in [0.5, 0.6) is 0 Å². The first-order valence-electron chi connectivity index (χ1n) is 6.13. The highest BCUT2D eigenvalue weighted by Crippen LogP contribution is 2.39. The van der Waals surface area contributed by atoms with Crippen molar-refractivity contribution in [2.45, 2.75) is 52.5 Å². The van der Waals surface area contributed by atoms with Gasteiger partial charge < -0.3 is 4.90 Å². The Kier molecular flexibility index (Phi) is 2.85. The van der Waals surface area contributed by atoms with Crippen molar-refractivity contribution in [3.05, 3.63) is 11.8 Å². The maximum Gasteiger partial charge on any atom is 0.227 e. The molecule has 1 saturated heterocycles. The van der Waals surface area contributed by atoms with Gasteiger partial charge in [0.2, 0.25) is 5.91 Å². The van der Waals surface area contributed by atoms with Crippen molar-refractivity contribution in [1.29, 1.82) is 0 Å². The van der Waals surface area contributed by atoms with Gasteiger partial charge in [0.1, 0.15) is 0 Å². The van der Waals surface area contributed by atoms with Gasteiger partial charge in [-0.15, -0.1) is 0 Å². The molecule has 0 bridgehead atoms. The van der Waals surface area contributed by atoms with Crippen molar-refractivity contribution >= 4 is 5.91 Å². The summed E-state index contributed by atoms with van der Waals surface area (Å²) in [7, 11) is 0. The first kappa shape index (κ1) is 10.7. The van der Waals surface area contributed by atoms with E-state index in [2.05, 4.69) is 26.8 Å². The fraction of sp³-hybridized carbons (Fsp3) is 0.769. The fourth-order valence-corrected chi connectivity index (χ4v) is 2.99. The zero-order chi connectivity index (χ0) is 11.0. The Morgan fingerprint density at radius 1 is 1.47 bits per heavy atom. The second-order valence-electron chi connectivity index (χ2n) is 5.21. The smallest absolute Gasteiger partial charge is 0.227 e. The zero-order valence-electron chi connectivity index (χ0n) is 9.99. The monoisotopic (exact) mass is 207 g/mol. The standard InChI is InChI=1S/C13H21NO/c1-9(2)14-12-7-5-4-6-11(12)10(3)8-13(14)15/h7,9-11H,4-6,8H2,1-3H3. The average molecular weight is 207 g/mol. The Bertz CT molecular complexity index is 293. The molecule has 2 rings (SSSR count). The number of nitrogens with zero attached hydrogens (tertiary/aromatic N) is 1. The summed E-state index contributed by atoms with van der Waals surface area (Å²) >= 11 is 0. The lowest BCUT2D eigenvalue weighted by Gasteiger charge is -2.43. The minimum atomic E-state index is 0.317. The predicted molar refractivity (Wildman–Crippen MR) is 61.2 cm³/mol. The number of likely N-dealkylation sites (tertiary alicyclic amines) is 1. The maximum absolute atomic E-state index is 12.0. The van der Waals surface area contributed by atoms with Crippen LogP contribution in [0.25, 0.3) is 0 Å². The van der Waals surface area contributed by atoms with Crippen molar-refractivity contribution in [1.82, 2.24) is 4.90 Å². The molecule has 0 aromatic carbocycles. The molecule has 0 saturated carbocycles. The zero-order valence-corrected chi connectivity index (χ0v) is 9.99. The summed E-state index contributed by atoms with van der Waals surface area (Å²) in [5, 5.41) is 0. The van der Waals surface area contributed by atoms with Crippen LogP contribution in [0.4, 0.5) is 0 Å². The van der Waals surface area contributed by atoms with E-state index in [1.165, 1.54) is 18.5 Å². The van der Waals surface area contributed by atoms with Crippen LogP contribution in [0.3, 0.4) is 0 Å². The molecule has 0 spiro atoms. The fourth-order valence-electron chi connectivity index (χ4n) is 2.99. The molecular formula is C13H21NO. The van der Waals surface area contributed by atoms with Gasteiger partial charge in [-0.25, -0.2) is 0 Å². The van der Waals surface area contributed by atoms with Crippen LogP contribution >= 0.6 is 0 Å². The van der Waals surface area contributed by atoms with Crippen molar-refractivity contribution in [2.75, 3.05) is 0 Å².